The fraction of sp³-hybridized carbons (Fsp3) is 0.297. The van der Waals surface area contributed by atoms with E-state index in [0.29, 0.717) is 28.8 Å². The number of nitrogens with one attached hydrogen (secondary N) is 1. The minimum atomic E-state index is -5.08. The lowest BCUT2D eigenvalue weighted by molar-refractivity contribution is -0.231. The quantitative estimate of drug-likeness (QED) is 0.0932. The van der Waals surface area contributed by atoms with Gasteiger partial charge in [-0.05, 0) is 59.5 Å². The van der Waals surface area contributed by atoms with Crippen LogP contribution in [0.2, 0.25) is 0 Å². The van der Waals surface area contributed by atoms with Crippen molar-refractivity contribution in [2.24, 2.45) is 0 Å². The summed E-state index contributed by atoms with van der Waals surface area (Å²) in [7, 11) is -4.52. The highest BCUT2D eigenvalue weighted by Crippen LogP contribution is 2.51. The van der Waals surface area contributed by atoms with Crippen LogP contribution in [0.25, 0.3) is 0 Å². The van der Waals surface area contributed by atoms with Crippen LogP contribution in [0.4, 0.5) is 30.7 Å². The maximum atomic E-state index is 14.6. The number of rotatable bonds is 13. The summed E-state index contributed by atoms with van der Waals surface area (Å²) in [4.78, 5) is 15.0. The molecular formula is C37H34F7N4O6P. The second kappa shape index (κ2) is 16.6. The molecule has 0 saturated carbocycles. The topological polar surface area (TPSA) is 108 Å². The number of ether oxygens (including phenoxy) is 2. The molecule has 1 fully saturated rings. The Balaban J connectivity index is 1.33. The number of halogens is 7. The molecule has 0 unspecified atom stereocenters. The number of hydrogen-bond acceptors (Lipinski definition) is 8. The summed E-state index contributed by atoms with van der Waals surface area (Å²) in [6.45, 7) is 0.646. The molecule has 5 aromatic rings. The molecule has 1 aromatic heterocycles. The first-order chi connectivity index (χ1) is 26.1. The van der Waals surface area contributed by atoms with E-state index in [4.69, 9.17) is 18.5 Å². The van der Waals surface area contributed by atoms with Gasteiger partial charge in [0.15, 0.2) is 12.1 Å². The third kappa shape index (κ3) is 9.79. The van der Waals surface area contributed by atoms with E-state index in [9.17, 15) is 40.1 Å². The SMILES string of the molecule is C[C@@H](O[C@H]1OCCN(Cc2n[nH]c(=O)n2P(=O)(OCc2ccccc2)OCc2ccccc2)[C@H]1c1ccc(F)cc1)c1cc(C(F)(F)F)cc(C(F)(F)F)c1. The van der Waals surface area contributed by atoms with Crippen LogP contribution in [0.1, 0.15) is 58.3 Å². The number of morpholine rings is 1. The minimum absolute atomic E-state index is 0.0195. The lowest BCUT2D eigenvalue weighted by atomic mass is 10.0. The largest absolute Gasteiger partial charge is 0.445 e. The molecule has 18 heteroatoms. The van der Waals surface area contributed by atoms with E-state index in [0.717, 1.165) is 16.5 Å². The van der Waals surface area contributed by atoms with Gasteiger partial charge in [0, 0.05) is 6.54 Å². The Bertz CT molecular complexity index is 2070. The summed E-state index contributed by atoms with van der Waals surface area (Å²) in [6, 6.07) is 22.7. The normalized spacial score (nSPS) is 17.7. The molecule has 1 aliphatic rings. The van der Waals surface area contributed by atoms with Crippen molar-refractivity contribution in [3.63, 3.8) is 0 Å². The van der Waals surface area contributed by atoms with Crippen molar-refractivity contribution in [3.8, 4) is 0 Å². The summed E-state index contributed by atoms with van der Waals surface area (Å²) in [5.41, 5.74) is -2.73. The Morgan fingerprint density at radius 1 is 0.855 bits per heavy atom. The number of H-pyrrole nitrogens is 1. The predicted molar refractivity (Wildman–Crippen MR) is 184 cm³/mol. The van der Waals surface area contributed by atoms with Gasteiger partial charge < -0.3 is 9.47 Å². The van der Waals surface area contributed by atoms with Crippen LogP contribution in [0, 0.1) is 5.82 Å². The van der Waals surface area contributed by atoms with Crippen molar-refractivity contribution in [2.75, 3.05) is 13.2 Å². The van der Waals surface area contributed by atoms with E-state index in [1.54, 1.807) is 65.6 Å². The molecule has 0 bridgehead atoms. The van der Waals surface area contributed by atoms with Crippen LogP contribution in [0.3, 0.4) is 0 Å². The molecule has 0 aliphatic carbocycles. The summed E-state index contributed by atoms with van der Waals surface area (Å²) < 4.78 is 135. The maximum absolute atomic E-state index is 14.6. The standard InChI is InChI=1S/C37H34F7N4O6P/c1-24(28-18-29(36(39,40)41)20-30(19-28)37(42,43)44)54-34-33(27-12-14-31(38)15-13-27)47(16-17-51-34)21-32-45-46-35(49)48(32)55(50,52-22-25-8-4-2-5-9-25)53-23-26-10-6-3-7-11-26/h2-15,18-20,24,33-34H,16-17,21-23H2,1H3,(H,46,49)/t24-,33+,34-/m1/s1. The van der Waals surface area contributed by atoms with Crippen LogP contribution >= 0.6 is 7.75 Å². The number of aromatic nitrogens is 3. The monoisotopic (exact) mass is 794 g/mol. The van der Waals surface area contributed by atoms with Crippen molar-refractivity contribution in [2.45, 2.75) is 57.5 Å². The minimum Gasteiger partial charge on any atom is -0.349 e. The zero-order chi connectivity index (χ0) is 39.4. The summed E-state index contributed by atoms with van der Waals surface area (Å²) in [6.07, 6.45) is -12.9. The molecule has 3 atom stereocenters. The molecule has 1 N–H and O–H groups in total. The van der Waals surface area contributed by atoms with Crippen LogP contribution < -0.4 is 5.69 Å². The molecule has 0 radical (unpaired) electrons. The second-order valence-electron chi connectivity index (χ2n) is 12.6. The van der Waals surface area contributed by atoms with Gasteiger partial charge in [0.2, 0.25) is 0 Å². The molecule has 10 nitrogen and oxygen atoms in total. The van der Waals surface area contributed by atoms with E-state index < -0.39 is 66.7 Å². The van der Waals surface area contributed by atoms with E-state index in [2.05, 4.69) is 10.2 Å². The second-order valence-corrected chi connectivity index (χ2v) is 14.4. The Hall–Kier alpha value is -4.64. The number of benzene rings is 4. The van der Waals surface area contributed by atoms with Crippen LogP contribution in [0.5, 0.6) is 0 Å². The van der Waals surface area contributed by atoms with Gasteiger partial charge in [0.1, 0.15) is 5.82 Å². The van der Waals surface area contributed by atoms with Crippen LogP contribution in [-0.4, -0.2) is 38.9 Å². The van der Waals surface area contributed by atoms with Crippen LogP contribution in [0.15, 0.2) is 108 Å². The van der Waals surface area contributed by atoms with Gasteiger partial charge in [-0.25, -0.2) is 18.8 Å². The first kappa shape index (κ1) is 40.0. The lowest BCUT2D eigenvalue weighted by Crippen LogP contribution is -2.46. The molecular weight excluding hydrogens is 760 g/mol. The Morgan fingerprint density at radius 3 is 1.93 bits per heavy atom. The van der Waals surface area contributed by atoms with E-state index in [1.165, 1.54) is 19.1 Å². The van der Waals surface area contributed by atoms with Gasteiger partial charge in [-0.1, -0.05) is 72.8 Å². The summed E-state index contributed by atoms with van der Waals surface area (Å²) in [5.74, 6) is -0.697. The third-order valence-electron chi connectivity index (χ3n) is 8.72. The predicted octanol–water partition coefficient (Wildman–Crippen LogP) is 8.82. The van der Waals surface area contributed by atoms with Crippen molar-refractivity contribution in [3.05, 3.63) is 159 Å². The third-order valence-corrected chi connectivity index (χ3v) is 10.5. The molecule has 292 valence electrons. The Kier molecular flexibility index (Phi) is 12.1. The molecule has 1 aliphatic heterocycles. The molecule has 2 heterocycles. The van der Waals surface area contributed by atoms with Gasteiger partial charge in [-0.2, -0.15) is 35.8 Å². The summed E-state index contributed by atoms with van der Waals surface area (Å²) >= 11 is 0. The van der Waals surface area contributed by atoms with Gasteiger partial charge >= 0.3 is 25.8 Å². The van der Waals surface area contributed by atoms with Crippen molar-refractivity contribution >= 4 is 7.75 Å². The average molecular weight is 795 g/mol. The van der Waals surface area contributed by atoms with E-state index in [-0.39, 0.29) is 44.8 Å². The highest BCUT2D eigenvalue weighted by atomic mass is 31.2. The van der Waals surface area contributed by atoms with E-state index >= 15 is 0 Å². The van der Waals surface area contributed by atoms with Crippen molar-refractivity contribution in [1.82, 2.24) is 19.4 Å². The maximum Gasteiger partial charge on any atom is 0.445 e. The van der Waals surface area contributed by atoms with Crippen molar-refractivity contribution < 1.29 is 53.8 Å². The zero-order valence-corrected chi connectivity index (χ0v) is 29.9. The summed E-state index contributed by atoms with van der Waals surface area (Å²) in [5, 5.41) is 6.42. The molecule has 6 rings (SSSR count). The smallest absolute Gasteiger partial charge is 0.349 e. The van der Waals surface area contributed by atoms with Gasteiger partial charge in [-0.15, -0.1) is 0 Å². The van der Waals surface area contributed by atoms with Gasteiger partial charge in [-0.3, -0.25) is 13.9 Å². The number of nitrogens with zero attached hydrogens (tertiary/aromatic N) is 3. The first-order valence-corrected chi connectivity index (χ1v) is 18.3. The van der Waals surface area contributed by atoms with Gasteiger partial charge in [0.05, 0.1) is 49.6 Å². The van der Waals surface area contributed by atoms with Crippen LogP contribution in [-0.2, 0) is 55.2 Å². The Morgan fingerprint density at radius 2 is 1.40 bits per heavy atom. The molecule has 1 saturated heterocycles. The zero-order valence-electron chi connectivity index (χ0n) is 29.0. The number of hydrogen-bond donors (Lipinski definition) is 1. The molecule has 4 aromatic carbocycles. The molecule has 55 heavy (non-hydrogen) atoms. The highest BCUT2D eigenvalue weighted by Gasteiger charge is 2.41. The number of aromatic amines is 1. The number of alkyl halides is 6. The fourth-order valence-corrected chi connectivity index (χ4v) is 7.56. The van der Waals surface area contributed by atoms with E-state index in [1.807, 2.05) is 0 Å². The highest BCUT2D eigenvalue weighted by molar-refractivity contribution is 7.52. The average Bonchev–Trinajstić information content (AvgIpc) is 3.53. The van der Waals surface area contributed by atoms with Crippen molar-refractivity contribution in [1.29, 1.82) is 0 Å². The molecule has 0 spiro atoms. The Labute approximate surface area is 310 Å². The lowest BCUT2D eigenvalue weighted by Gasteiger charge is -2.42. The van der Waals surface area contributed by atoms with Gasteiger partial charge in [0.25, 0.3) is 0 Å². The molecule has 0 amide bonds. The fourth-order valence-electron chi connectivity index (χ4n) is 5.98. The first-order valence-electron chi connectivity index (χ1n) is 16.8.